The van der Waals surface area contributed by atoms with Crippen molar-refractivity contribution in [2.24, 2.45) is 0 Å². The van der Waals surface area contributed by atoms with Gasteiger partial charge < -0.3 is 15.0 Å². The molecular formula is C20H27N5O2. The van der Waals surface area contributed by atoms with E-state index in [0.29, 0.717) is 18.2 Å². The quantitative estimate of drug-likeness (QED) is 0.807. The molecule has 0 saturated carbocycles. The number of aryl methyl sites for hydroxylation is 1. The van der Waals surface area contributed by atoms with Crippen LogP contribution < -0.4 is 10.2 Å². The van der Waals surface area contributed by atoms with E-state index in [1.54, 1.807) is 11.0 Å². The number of nitrogens with zero attached hydrogens (tertiary/aromatic N) is 4. The summed E-state index contributed by atoms with van der Waals surface area (Å²) in [5, 5.41) is 3.25. The third kappa shape index (κ3) is 5.24. The molecule has 0 unspecified atom stereocenters. The highest BCUT2D eigenvalue weighted by Crippen LogP contribution is 2.17. The number of nitrogens with one attached hydrogen (secondary N) is 1. The van der Waals surface area contributed by atoms with Crippen molar-refractivity contribution in [2.45, 2.75) is 13.8 Å². The monoisotopic (exact) mass is 369 g/mol. The van der Waals surface area contributed by atoms with Crippen LogP contribution in [0.5, 0.6) is 0 Å². The van der Waals surface area contributed by atoms with Crippen LogP contribution in [0.15, 0.2) is 36.4 Å². The number of ether oxygens (including phenoxy) is 1. The number of aromatic nitrogens is 2. The molecule has 1 amide bonds. The molecule has 27 heavy (non-hydrogen) atoms. The highest BCUT2D eigenvalue weighted by molar-refractivity contribution is 6.04. The van der Waals surface area contributed by atoms with E-state index >= 15 is 0 Å². The molecule has 2 heterocycles. The van der Waals surface area contributed by atoms with Gasteiger partial charge in [-0.3, -0.25) is 9.69 Å². The van der Waals surface area contributed by atoms with Crippen LogP contribution in [0.2, 0.25) is 0 Å². The summed E-state index contributed by atoms with van der Waals surface area (Å²) < 4.78 is 5.36. The van der Waals surface area contributed by atoms with Gasteiger partial charge in [0.15, 0.2) is 0 Å². The van der Waals surface area contributed by atoms with Crippen molar-refractivity contribution in [3.05, 3.63) is 47.8 Å². The second kappa shape index (κ2) is 9.43. The van der Waals surface area contributed by atoms with Crippen LogP contribution in [-0.4, -0.2) is 66.7 Å². The molecule has 0 radical (unpaired) electrons. The lowest BCUT2D eigenvalue weighted by molar-refractivity contribution is 0.0398. The maximum atomic E-state index is 13.0. The molecule has 0 aliphatic carbocycles. The normalized spacial score (nSPS) is 14.7. The van der Waals surface area contributed by atoms with E-state index < -0.39 is 0 Å². The fraction of sp³-hybridized carbons (Fsp3) is 0.450. The van der Waals surface area contributed by atoms with E-state index in [1.165, 1.54) is 0 Å². The summed E-state index contributed by atoms with van der Waals surface area (Å²) in [6.07, 6.45) is 0. The highest BCUT2D eigenvalue weighted by Gasteiger charge is 2.19. The topological polar surface area (TPSA) is 70.6 Å². The Balaban J connectivity index is 1.67. The van der Waals surface area contributed by atoms with Gasteiger partial charge in [-0.15, -0.1) is 0 Å². The fourth-order valence-corrected chi connectivity index (χ4v) is 3.10. The SMILES string of the molecule is CCN(C(=O)c1cc(C)nc(NCCN2CCOCC2)n1)c1ccccc1. The van der Waals surface area contributed by atoms with Crippen molar-refractivity contribution in [1.82, 2.24) is 14.9 Å². The Morgan fingerprint density at radius 2 is 1.96 bits per heavy atom. The molecule has 1 fully saturated rings. The summed E-state index contributed by atoms with van der Waals surface area (Å²) in [4.78, 5) is 25.9. The second-order valence-corrected chi connectivity index (χ2v) is 6.48. The van der Waals surface area contributed by atoms with Gasteiger partial charge in [0, 0.05) is 44.1 Å². The second-order valence-electron chi connectivity index (χ2n) is 6.48. The Hall–Kier alpha value is -2.51. The number of hydrogen-bond donors (Lipinski definition) is 1. The molecule has 1 aromatic heterocycles. The molecule has 1 aromatic carbocycles. The van der Waals surface area contributed by atoms with E-state index in [2.05, 4.69) is 20.2 Å². The Kier molecular flexibility index (Phi) is 6.73. The fourth-order valence-electron chi connectivity index (χ4n) is 3.10. The maximum Gasteiger partial charge on any atom is 0.277 e. The molecule has 1 saturated heterocycles. The van der Waals surface area contributed by atoms with Gasteiger partial charge in [0.2, 0.25) is 5.95 Å². The lowest BCUT2D eigenvalue weighted by Crippen LogP contribution is -2.39. The third-order valence-electron chi connectivity index (χ3n) is 4.52. The molecule has 7 heteroatoms. The molecule has 1 aliphatic heterocycles. The summed E-state index contributed by atoms with van der Waals surface area (Å²) in [6.45, 7) is 9.50. The zero-order chi connectivity index (χ0) is 19.1. The Morgan fingerprint density at radius 3 is 2.67 bits per heavy atom. The van der Waals surface area contributed by atoms with Crippen LogP contribution in [0.1, 0.15) is 23.1 Å². The molecule has 0 spiro atoms. The van der Waals surface area contributed by atoms with E-state index in [-0.39, 0.29) is 5.91 Å². The number of para-hydroxylation sites is 1. The predicted octanol–water partition coefficient (Wildman–Crippen LogP) is 2.20. The number of carbonyl (C=O) groups is 1. The van der Waals surface area contributed by atoms with Crippen molar-refractivity contribution in [2.75, 3.05) is 56.2 Å². The van der Waals surface area contributed by atoms with Crippen molar-refractivity contribution in [3.8, 4) is 0 Å². The number of benzene rings is 1. The van der Waals surface area contributed by atoms with Crippen LogP contribution in [0.4, 0.5) is 11.6 Å². The molecule has 144 valence electrons. The van der Waals surface area contributed by atoms with E-state index in [9.17, 15) is 4.79 Å². The van der Waals surface area contributed by atoms with E-state index in [0.717, 1.165) is 50.8 Å². The van der Waals surface area contributed by atoms with Gasteiger partial charge in [0.25, 0.3) is 5.91 Å². The summed E-state index contributed by atoms with van der Waals surface area (Å²) >= 11 is 0. The summed E-state index contributed by atoms with van der Waals surface area (Å²) in [6, 6.07) is 11.4. The highest BCUT2D eigenvalue weighted by atomic mass is 16.5. The summed E-state index contributed by atoms with van der Waals surface area (Å²) in [5.74, 6) is 0.376. The number of morpholine rings is 1. The van der Waals surface area contributed by atoms with Crippen molar-refractivity contribution in [3.63, 3.8) is 0 Å². The van der Waals surface area contributed by atoms with Crippen LogP contribution in [-0.2, 0) is 4.74 Å². The molecule has 3 rings (SSSR count). The van der Waals surface area contributed by atoms with Crippen LogP contribution in [0.25, 0.3) is 0 Å². The van der Waals surface area contributed by atoms with Gasteiger partial charge in [-0.2, -0.15) is 0 Å². The molecule has 2 aromatic rings. The van der Waals surface area contributed by atoms with Crippen molar-refractivity contribution >= 4 is 17.5 Å². The van der Waals surface area contributed by atoms with Crippen LogP contribution in [0.3, 0.4) is 0 Å². The van der Waals surface area contributed by atoms with Crippen molar-refractivity contribution in [1.29, 1.82) is 0 Å². The Morgan fingerprint density at radius 1 is 1.22 bits per heavy atom. The summed E-state index contributed by atoms with van der Waals surface area (Å²) in [5.41, 5.74) is 2.04. The molecule has 0 atom stereocenters. The Bertz CT molecular complexity index is 747. The lowest BCUT2D eigenvalue weighted by Gasteiger charge is -2.26. The maximum absolute atomic E-state index is 13.0. The largest absolute Gasteiger partial charge is 0.379 e. The minimum Gasteiger partial charge on any atom is -0.379 e. The first-order valence-corrected chi connectivity index (χ1v) is 9.44. The van der Waals surface area contributed by atoms with Gasteiger partial charge in [0.1, 0.15) is 5.69 Å². The Labute approximate surface area is 160 Å². The van der Waals surface area contributed by atoms with Gasteiger partial charge in [-0.25, -0.2) is 9.97 Å². The zero-order valence-electron chi connectivity index (χ0n) is 16.0. The molecule has 0 bridgehead atoms. The number of rotatable bonds is 7. The van der Waals surface area contributed by atoms with Gasteiger partial charge in [-0.1, -0.05) is 18.2 Å². The average Bonchev–Trinajstić information content (AvgIpc) is 2.70. The van der Waals surface area contributed by atoms with Gasteiger partial charge in [0.05, 0.1) is 13.2 Å². The molecular weight excluding hydrogens is 342 g/mol. The van der Waals surface area contributed by atoms with Gasteiger partial charge >= 0.3 is 0 Å². The van der Waals surface area contributed by atoms with Crippen LogP contribution in [0, 0.1) is 6.92 Å². The number of hydrogen-bond acceptors (Lipinski definition) is 6. The predicted molar refractivity (Wildman–Crippen MR) is 106 cm³/mol. The average molecular weight is 369 g/mol. The van der Waals surface area contributed by atoms with Crippen molar-refractivity contribution < 1.29 is 9.53 Å². The number of carbonyl (C=O) groups excluding carboxylic acids is 1. The lowest BCUT2D eigenvalue weighted by atomic mass is 10.2. The number of anilines is 2. The first-order valence-electron chi connectivity index (χ1n) is 9.44. The first-order chi connectivity index (χ1) is 13.2. The van der Waals surface area contributed by atoms with Gasteiger partial charge in [-0.05, 0) is 32.0 Å². The first kappa shape index (κ1) is 19.3. The minimum atomic E-state index is -0.120. The third-order valence-corrected chi connectivity index (χ3v) is 4.52. The van der Waals surface area contributed by atoms with E-state index in [1.807, 2.05) is 44.2 Å². The van der Waals surface area contributed by atoms with Crippen LogP contribution >= 0.6 is 0 Å². The zero-order valence-corrected chi connectivity index (χ0v) is 16.0. The molecule has 1 aliphatic rings. The smallest absolute Gasteiger partial charge is 0.277 e. The van der Waals surface area contributed by atoms with E-state index in [4.69, 9.17) is 4.74 Å². The molecule has 1 N–H and O–H groups in total. The molecule has 7 nitrogen and oxygen atoms in total. The number of amides is 1. The standard InChI is InChI=1S/C20H27N5O2/c1-3-25(17-7-5-4-6-8-17)19(26)18-15-16(2)22-20(23-18)21-9-10-24-11-13-27-14-12-24/h4-8,15H,3,9-14H2,1-2H3,(H,21,22,23). The summed E-state index contributed by atoms with van der Waals surface area (Å²) in [7, 11) is 0. The minimum absolute atomic E-state index is 0.120.